The van der Waals surface area contributed by atoms with E-state index in [2.05, 4.69) is 33.3 Å². The lowest BCUT2D eigenvalue weighted by Crippen LogP contribution is -2.36. The molecule has 1 aliphatic heterocycles. The first kappa shape index (κ1) is 14.5. The smallest absolute Gasteiger partial charge is 0.283 e. The summed E-state index contributed by atoms with van der Waals surface area (Å²) in [5.74, 6) is 0. The zero-order chi connectivity index (χ0) is 13.9. The molecule has 6 nitrogen and oxygen atoms in total. The first-order chi connectivity index (χ1) is 9.06. The number of ether oxygens (including phenoxy) is 2. The van der Waals surface area contributed by atoms with Crippen LogP contribution in [-0.2, 0) is 16.0 Å². The third-order valence-corrected chi connectivity index (χ3v) is 3.91. The largest absolute Gasteiger partial charge is 0.383 e. The van der Waals surface area contributed by atoms with Gasteiger partial charge in [0.1, 0.15) is 4.47 Å². The van der Waals surface area contributed by atoms with E-state index in [0.29, 0.717) is 29.9 Å². The highest BCUT2D eigenvalue weighted by atomic mass is 79.9. The molecule has 0 bridgehead atoms. The normalized spacial score (nSPS) is 22.7. The van der Waals surface area contributed by atoms with Gasteiger partial charge in [0.25, 0.3) is 5.56 Å². The predicted octanol–water partition coefficient (Wildman–Crippen LogP) is 1.24. The van der Waals surface area contributed by atoms with Crippen LogP contribution in [0.1, 0.15) is 13.3 Å². The summed E-state index contributed by atoms with van der Waals surface area (Å²) in [5, 5.41) is 7.47. The fourth-order valence-corrected chi connectivity index (χ4v) is 2.39. The highest BCUT2D eigenvalue weighted by molar-refractivity contribution is 9.10. The average Bonchev–Trinajstić information content (AvgIpc) is 2.81. The molecule has 0 saturated carbocycles. The van der Waals surface area contributed by atoms with Crippen LogP contribution in [0.3, 0.4) is 0 Å². The minimum absolute atomic E-state index is 0.143. The summed E-state index contributed by atoms with van der Waals surface area (Å²) < 4.78 is 12.2. The van der Waals surface area contributed by atoms with Crippen molar-refractivity contribution in [1.82, 2.24) is 9.78 Å². The van der Waals surface area contributed by atoms with E-state index in [0.717, 1.165) is 13.0 Å². The number of nitrogens with one attached hydrogen (secondary N) is 1. The van der Waals surface area contributed by atoms with E-state index in [9.17, 15) is 4.79 Å². The van der Waals surface area contributed by atoms with Crippen molar-refractivity contribution >= 4 is 21.6 Å². The number of aromatic nitrogens is 2. The molecule has 1 N–H and O–H groups in total. The van der Waals surface area contributed by atoms with E-state index in [1.165, 1.54) is 4.68 Å². The maximum atomic E-state index is 12.1. The van der Waals surface area contributed by atoms with Crippen LogP contribution in [0.2, 0.25) is 0 Å². The molecular formula is C12H18BrN3O3. The molecule has 0 aliphatic carbocycles. The van der Waals surface area contributed by atoms with Crippen molar-refractivity contribution in [3.63, 3.8) is 0 Å². The Hall–Kier alpha value is -0.920. The fraction of sp³-hybridized carbons (Fsp3) is 0.667. The molecule has 1 atom stereocenters. The van der Waals surface area contributed by atoms with Crippen LogP contribution < -0.4 is 10.9 Å². The second kappa shape index (κ2) is 6.02. The number of rotatable bonds is 5. The monoisotopic (exact) mass is 331 g/mol. The van der Waals surface area contributed by atoms with Crippen molar-refractivity contribution in [2.24, 2.45) is 0 Å². The number of hydrogen-bond donors (Lipinski definition) is 1. The maximum Gasteiger partial charge on any atom is 0.283 e. The summed E-state index contributed by atoms with van der Waals surface area (Å²) in [4.78, 5) is 12.1. The lowest BCUT2D eigenvalue weighted by atomic mass is 10.0. The van der Waals surface area contributed by atoms with Crippen LogP contribution in [0.25, 0.3) is 0 Å². The number of halogens is 1. The molecule has 1 aliphatic rings. The van der Waals surface area contributed by atoms with Crippen LogP contribution in [0.5, 0.6) is 0 Å². The number of methoxy groups -OCH3 is 1. The molecule has 2 heterocycles. The Morgan fingerprint density at radius 3 is 3.11 bits per heavy atom. The van der Waals surface area contributed by atoms with Crippen molar-refractivity contribution in [1.29, 1.82) is 0 Å². The molecule has 0 aromatic carbocycles. The molecule has 1 unspecified atom stereocenters. The van der Waals surface area contributed by atoms with E-state index in [-0.39, 0.29) is 11.1 Å². The van der Waals surface area contributed by atoms with Gasteiger partial charge in [0.2, 0.25) is 0 Å². The summed E-state index contributed by atoms with van der Waals surface area (Å²) in [6.45, 7) is 4.33. The highest BCUT2D eigenvalue weighted by Crippen LogP contribution is 2.26. The molecule has 0 spiro atoms. The minimum atomic E-state index is -0.162. The molecule has 1 aromatic heterocycles. The van der Waals surface area contributed by atoms with Gasteiger partial charge in [-0.15, -0.1) is 0 Å². The molecule has 7 heteroatoms. The maximum absolute atomic E-state index is 12.1. The first-order valence-electron chi connectivity index (χ1n) is 6.16. The number of anilines is 1. The third-order valence-electron chi connectivity index (χ3n) is 3.15. The molecule has 0 amide bonds. The SMILES string of the molecule is COCCn1ncc(NC2(C)CCOC2)c(Br)c1=O. The summed E-state index contributed by atoms with van der Waals surface area (Å²) in [5.41, 5.74) is 0.395. The van der Waals surface area contributed by atoms with E-state index in [4.69, 9.17) is 9.47 Å². The molecule has 1 aromatic rings. The molecular weight excluding hydrogens is 314 g/mol. The highest BCUT2D eigenvalue weighted by Gasteiger charge is 2.30. The second-order valence-corrected chi connectivity index (χ2v) is 5.67. The van der Waals surface area contributed by atoms with Crippen molar-refractivity contribution in [3.05, 3.63) is 21.0 Å². The van der Waals surface area contributed by atoms with Crippen molar-refractivity contribution < 1.29 is 9.47 Å². The zero-order valence-corrected chi connectivity index (χ0v) is 12.7. The Balaban J connectivity index is 2.18. The molecule has 1 fully saturated rings. The van der Waals surface area contributed by atoms with Gasteiger partial charge >= 0.3 is 0 Å². The molecule has 1 saturated heterocycles. The zero-order valence-electron chi connectivity index (χ0n) is 11.1. The van der Waals surface area contributed by atoms with Gasteiger partial charge in [-0.05, 0) is 29.3 Å². The fourth-order valence-electron chi connectivity index (χ4n) is 1.98. The quantitative estimate of drug-likeness (QED) is 0.879. The molecule has 0 radical (unpaired) electrons. The lowest BCUT2D eigenvalue weighted by molar-refractivity contribution is 0.181. The summed E-state index contributed by atoms with van der Waals surface area (Å²) in [6, 6.07) is 0. The van der Waals surface area contributed by atoms with Crippen LogP contribution in [0.4, 0.5) is 5.69 Å². The van der Waals surface area contributed by atoms with Gasteiger partial charge in [-0.25, -0.2) is 4.68 Å². The second-order valence-electron chi connectivity index (χ2n) is 4.88. The van der Waals surface area contributed by atoms with Crippen LogP contribution in [-0.4, -0.2) is 42.2 Å². The lowest BCUT2D eigenvalue weighted by Gasteiger charge is -2.25. The topological polar surface area (TPSA) is 65.4 Å². The van der Waals surface area contributed by atoms with E-state index in [1.807, 2.05) is 0 Å². The van der Waals surface area contributed by atoms with Crippen LogP contribution in [0.15, 0.2) is 15.5 Å². The summed E-state index contributed by atoms with van der Waals surface area (Å²) in [7, 11) is 1.59. The Morgan fingerprint density at radius 2 is 2.47 bits per heavy atom. The van der Waals surface area contributed by atoms with E-state index in [1.54, 1.807) is 13.3 Å². The minimum Gasteiger partial charge on any atom is -0.383 e. The van der Waals surface area contributed by atoms with Gasteiger partial charge in [0.15, 0.2) is 0 Å². The van der Waals surface area contributed by atoms with Gasteiger partial charge in [-0.3, -0.25) is 4.79 Å². The first-order valence-corrected chi connectivity index (χ1v) is 6.95. The average molecular weight is 332 g/mol. The van der Waals surface area contributed by atoms with Gasteiger partial charge in [0.05, 0.1) is 37.2 Å². The molecule has 106 valence electrons. The number of hydrogen-bond acceptors (Lipinski definition) is 5. The van der Waals surface area contributed by atoms with Crippen LogP contribution >= 0.6 is 15.9 Å². The standard InChI is InChI=1S/C12H18BrN3O3/c1-12(3-5-19-8-12)15-9-7-14-16(4-6-18-2)11(17)10(9)13/h7,15H,3-6,8H2,1-2H3. The van der Waals surface area contributed by atoms with Gasteiger partial charge in [0, 0.05) is 13.7 Å². The Labute approximate surface area is 120 Å². The Morgan fingerprint density at radius 1 is 1.68 bits per heavy atom. The van der Waals surface area contributed by atoms with Gasteiger partial charge in [-0.2, -0.15) is 5.10 Å². The third kappa shape index (κ3) is 3.34. The van der Waals surface area contributed by atoms with E-state index >= 15 is 0 Å². The summed E-state index contributed by atoms with van der Waals surface area (Å²) >= 11 is 3.34. The predicted molar refractivity (Wildman–Crippen MR) is 75.5 cm³/mol. The molecule has 2 rings (SSSR count). The van der Waals surface area contributed by atoms with Crippen molar-refractivity contribution in [2.45, 2.75) is 25.4 Å². The van der Waals surface area contributed by atoms with Crippen LogP contribution in [0, 0.1) is 0 Å². The van der Waals surface area contributed by atoms with Crippen molar-refractivity contribution in [3.8, 4) is 0 Å². The van der Waals surface area contributed by atoms with E-state index < -0.39 is 0 Å². The summed E-state index contributed by atoms with van der Waals surface area (Å²) in [6.07, 6.45) is 2.57. The Bertz CT molecular complexity index is 497. The van der Waals surface area contributed by atoms with Gasteiger partial charge < -0.3 is 14.8 Å². The molecule has 19 heavy (non-hydrogen) atoms. The Kier molecular flexibility index (Phi) is 4.59. The van der Waals surface area contributed by atoms with Gasteiger partial charge in [-0.1, -0.05) is 0 Å². The van der Waals surface area contributed by atoms with Crippen molar-refractivity contribution in [2.75, 3.05) is 32.2 Å². The number of nitrogens with zero attached hydrogens (tertiary/aromatic N) is 2.